The van der Waals surface area contributed by atoms with Gasteiger partial charge in [0.25, 0.3) is 0 Å². The number of thiazole rings is 1. The van der Waals surface area contributed by atoms with Crippen LogP contribution < -0.4 is 5.73 Å². The Kier molecular flexibility index (Phi) is 3.48. The number of likely N-dealkylation sites (tertiary alicyclic amines) is 1. The Morgan fingerprint density at radius 1 is 1.47 bits per heavy atom. The molecule has 0 saturated carbocycles. The summed E-state index contributed by atoms with van der Waals surface area (Å²) in [5, 5.41) is 8.74. The number of benzene rings is 1. The Morgan fingerprint density at radius 3 is 3.11 bits per heavy atom. The minimum atomic E-state index is 0.225. The van der Waals surface area contributed by atoms with Crippen molar-refractivity contribution in [2.75, 3.05) is 13.1 Å². The van der Waals surface area contributed by atoms with E-state index in [0.29, 0.717) is 5.84 Å². The van der Waals surface area contributed by atoms with Gasteiger partial charge in [-0.3, -0.25) is 10.3 Å². The third-order valence-corrected chi connectivity index (χ3v) is 4.66. The second-order valence-corrected chi connectivity index (χ2v) is 6.22. The lowest BCUT2D eigenvalue weighted by molar-refractivity contribution is 0.195. The second kappa shape index (κ2) is 5.27. The molecule has 0 spiro atoms. The van der Waals surface area contributed by atoms with E-state index in [1.54, 1.807) is 11.3 Å². The molecule has 1 aromatic heterocycles. The number of nitrogens with zero attached hydrogens (tertiary/aromatic N) is 2. The van der Waals surface area contributed by atoms with E-state index in [1.807, 2.05) is 6.07 Å². The van der Waals surface area contributed by atoms with E-state index in [-0.39, 0.29) is 5.92 Å². The first-order valence-electron chi connectivity index (χ1n) is 6.63. The average Bonchev–Trinajstić information content (AvgIpc) is 2.81. The molecule has 19 heavy (non-hydrogen) atoms. The first kappa shape index (κ1) is 12.6. The largest absolute Gasteiger partial charge is 0.387 e. The monoisotopic (exact) mass is 274 g/mol. The Morgan fingerprint density at radius 2 is 2.32 bits per heavy atom. The van der Waals surface area contributed by atoms with Gasteiger partial charge in [0.1, 0.15) is 5.01 Å². The Bertz CT molecular complexity index is 559. The summed E-state index contributed by atoms with van der Waals surface area (Å²) in [6, 6.07) is 8.25. The van der Waals surface area contributed by atoms with Crippen molar-refractivity contribution >= 4 is 27.4 Å². The van der Waals surface area contributed by atoms with Crippen molar-refractivity contribution in [1.29, 1.82) is 5.41 Å². The number of nitrogens with one attached hydrogen (secondary N) is 1. The molecule has 2 aromatic rings. The number of fused-ring (bicyclic) bond motifs is 1. The standard InChI is InChI=1S/C14H18N4S/c15-14(16)10-4-3-7-18(8-10)9-13-17-11-5-1-2-6-12(11)19-13/h1-2,5-6,10H,3-4,7-9H2,(H3,15,16). The third-order valence-electron chi connectivity index (χ3n) is 3.64. The number of nitrogens with two attached hydrogens (primary N) is 1. The van der Waals surface area contributed by atoms with Gasteiger partial charge in [0.05, 0.1) is 22.6 Å². The summed E-state index contributed by atoms with van der Waals surface area (Å²) >= 11 is 1.76. The molecule has 0 amide bonds. The minimum absolute atomic E-state index is 0.225. The fourth-order valence-corrected chi connectivity index (χ4v) is 3.64. The van der Waals surface area contributed by atoms with Gasteiger partial charge in [0.2, 0.25) is 0 Å². The lowest BCUT2D eigenvalue weighted by atomic mass is 9.97. The number of aromatic nitrogens is 1. The van der Waals surface area contributed by atoms with E-state index >= 15 is 0 Å². The van der Waals surface area contributed by atoms with Crippen LogP contribution in [0, 0.1) is 11.3 Å². The van der Waals surface area contributed by atoms with Gasteiger partial charge in [0, 0.05) is 12.5 Å². The van der Waals surface area contributed by atoms with Gasteiger partial charge < -0.3 is 5.73 Å². The third kappa shape index (κ3) is 2.77. The smallest absolute Gasteiger partial charge is 0.108 e. The first-order chi connectivity index (χ1) is 9.22. The zero-order chi connectivity index (χ0) is 13.2. The van der Waals surface area contributed by atoms with Crippen molar-refractivity contribution in [2.24, 2.45) is 11.7 Å². The molecule has 3 rings (SSSR count). The van der Waals surface area contributed by atoms with Crippen molar-refractivity contribution in [3.05, 3.63) is 29.3 Å². The van der Waals surface area contributed by atoms with Gasteiger partial charge in [-0.15, -0.1) is 11.3 Å². The van der Waals surface area contributed by atoms with E-state index in [0.717, 1.165) is 43.0 Å². The van der Waals surface area contributed by atoms with Crippen LogP contribution in [0.1, 0.15) is 17.8 Å². The topological polar surface area (TPSA) is 66.0 Å². The lowest BCUT2D eigenvalue weighted by Gasteiger charge is -2.31. The number of rotatable bonds is 3. The van der Waals surface area contributed by atoms with Gasteiger partial charge in [-0.25, -0.2) is 4.98 Å². The van der Waals surface area contributed by atoms with Gasteiger partial charge in [-0.1, -0.05) is 12.1 Å². The molecule has 0 radical (unpaired) electrons. The molecular weight excluding hydrogens is 256 g/mol. The maximum Gasteiger partial charge on any atom is 0.108 e. The van der Waals surface area contributed by atoms with Gasteiger partial charge in [-0.05, 0) is 31.5 Å². The second-order valence-electron chi connectivity index (χ2n) is 5.10. The molecule has 0 bridgehead atoms. The van der Waals surface area contributed by atoms with E-state index in [4.69, 9.17) is 11.1 Å². The summed E-state index contributed by atoms with van der Waals surface area (Å²) in [7, 11) is 0. The summed E-state index contributed by atoms with van der Waals surface area (Å²) in [6.45, 7) is 2.86. The van der Waals surface area contributed by atoms with Gasteiger partial charge in [0.15, 0.2) is 0 Å². The van der Waals surface area contributed by atoms with Gasteiger partial charge >= 0.3 is 0 Å². The van der Waals surface area contributed by atoms with Crippen LogP contribution in [0.25, 0.3) is 10.2 Å². The molecule has 1 aliphatic heterocycles. The Labute approximate surface area is 116 Å². The van der Waals surface area contributed by atoms with Gasteiger partial charge in [-0.2, -0.15) is 0 Å². The molecule has 0 aliphatic carbocycles. The fourth-order valence-electron chi connectivity index (χ4n) is 2.63. The maximum absolute atomic E-state index is 7.58. The minimum Gasteiger partial charge on any atom is -0.387 e. The normalized spacial score (nSPS) is 20.7. The number of piperidine rings is 1. The highest BCUT2D eigenvalue weighted by molar-refractivity contribution is 7.18. The summed E-state index contributed by atoms with van der Waals surface area (Å²) < 4.78 is 1.25. The molecule has 2 heterocycles. The van der Waals surface area contributed by atoms with Crippen LogP contribution in [0.15, 0.2) is 24.3 Å². The van der Waals surface area contributed by atoms with Crippen molar-refractivity contribution < 1.29 is 0 Å². The predicted octanol–water partition coefficient (Wildman–Crippen LogP) is 2.44. The molecule has 1 unspecified atom stereocenters. The molecule has 5 heteroatoms. The highest BCUT2D eigenvalue weighted by Crippen LogP contribution is 2.24. The van der Waals surface area contributed by atoms with Crippen LogP contribution >= 0.6 is 11.3 Å². The van der Waals surface area contributed by atoms with Crippen LogP contribution in [0.3, 0.4) is 0 Å². The summed E-state index contributed by atoms with van der Waals surface area (Å²) in [5.74, 6) is 0.553. The SMILES string of the molecule is N=C(N)C1CCCN(Cc2nc3ccccc3s2)C1. The number of para-hydroxylation sites is 1. The quantitative estimate of drug-likeness (QED) is 0.667. The van der Waals surface area contributed by atoms with E-state index in [1.165, 1.54) is 4.70 Å². The van der Waals surface area contributed by atoms with Crippen LogP contribution in [0.2, 0.25) is 0 Å². The fraction of sp³-hybridized carbons (Fsp3) is 0.429. The van der Waals surface area contributed by atoms with E-state index in [9.17, 15) is 0 Å². The Balaban J connectivity index is 1.72. The molecule has 3 N–H and O–H groups in total. The summed E-state index contributed by atoms with van der Waals surface area (Å²) in [5.41, 5.74) is 6.71. The van der Waals surface area contributed by atoms with Crippen molar-refractivity contribution in [1.82, 2.24) is 9.88 Å². The highest BCUT2D eigenvalue weighted by Gasteiger charge is 2.22. The molecule has 1 aliphatic rings. The van der Waals surface area contributed by atoms with Crippen LogP contribution in [0.4, 0.5) is 0 Å². The summed E-state index contributed by atoms with van der Waals surface area (Å²) in [4.78, 5) is 7.04. The molecular formula is C14H18N4S. The lowest BCUT2D eigenvalue weighted by Crippen LogP contribution is -2.40. The van der Waals surface area contributed by atoms with E-state index < -0.39 is 0 Å². The van der Waals surface area contributed by atoms with Crippen LogP contribution in [0.5, 0.6) is 0 Å². The summed E-state index contributed by atoms with van der Waals surface area (Å²) in [6.07, 6.45) is 2.17. The first-order valence-corrected chi connectivity index (χ1v) is 7.45. The zero-order valence-corrected chi connectivity index (χ0v) is 11.6. The molecule has 1 aromatic carbocycles. The number of hydrogen-bond acceptors (Lipinski definition) is 4. The van der Waals surface area contributed by atoms with Crippen LogP contribution in [-0.2, 0) is 6.54 Å². The predicted molar refractivity (Wildman–Crippen MR) is 79.5 cm³/mol. The molecule has 100 valence electrons. The average molecular weight is 274 g/mol. The van der Waals surface area contributed by atoms with Crippen molar-refractivity contribution in [3.63, 3.8) is 0 Å². The van der Waals surface area contributed by atoms with Crippen molar-refractivity contribution in [3.8, 4) is 0 Å². The maximum atomic E-state index is 7.58. The zero-order valence-electron chi connectivity index (χ0n) is 10.8. The number of hydrogen-bond donors (Lipinski definition) is 2. The van der Waals surface area contributed by atoms with Crippen molar-refractivity contribution in [2.45, 2.75) is 19.4 Å². The van der Waals surface area contributed by atoms with Crippen LogP contribution in [-0.4, -0.2) is 28.8 Å². The molecule has 1 saturated heterocycles. The Hall–Kier alpha value is -1.46. The molecule has 4 nitrogen and oxygen atoms in total. The van der Waals surface area contributed by atoms with E-state index in [2.05, 4.69) is 28.1 Å². The molecule has 1 fully saturated rings. The highest BCUT2D eigenvalue weighted by atomic mass is 32.1. The molecule has 1 atom stereocenters. The number of amidine groups is 1.